The van der Waals surface area contributed by atoms with Gasteiger partial charge >= 0.3 is 0 Å². The van der Waals surface area contributed by atoms with Gasteiger partial charge in [-0.05, 0) is 17.7 Å². The lowest BCUT2D eigenvalue weighted by atomic mass is 10.0. The molecule has 0 aromatic heterocycles. The van der Waals surface area contributed by atoms with E-state index >= 15 is 0 Å². The first-order chi connectivity index (χ1) is 8.20. The molecular weight excluding hydrogens is 230 g/mol. The molecule has 0 saturated carbocycles. The number of rotatable bonds is 3. The third kappa shape index (κ3) is 2.98. The monoisotopic (exact) mass is 244 g/mol. The Hall–Kier alpha value is -1.08. The number of halogens is 2. The van der Waals surface area contributed by atoms with Gasteiger partial charge in [-0.3, -0.25) is 11.3 Å². The van der Waals surface area contributed by atoms with Crippen molar-refractivity contribution in [2.24, 2.45) is 5.84 Å². The molecule has 94 valence electrons. The zero-order valence-electron chi connectivity index (χ0n) is 9.16. The maximum absolute atomic E-state index is 13.1. The van der Waals surface area contributed by atoms with Crippen LogP contribution in [0, 0.1) is 11.6 Å². The summed E-state index contributed by atoms with van der Waals surface area (Å²) in [7, 11) is 0. The van der Waals surface area contributed by atoms with E-state index in [1.165, 1.54) is 12.1 Å². The molecule has 6 heteroatoms. The minimum Gasteiger partial charge on any atom is -0.376 e. The molecule has 0 bridgehead atoms. The molecule has 1 heterocycles. The molecule has 1 saturated heterocycles. The van der Waals surface area contributed by atoms with Gasteiger partial charge in [-0.2, -0.15) is 0 Å². The molecule has 3 N–H and O–H groups in total. The van der Waals surface area contributed by atoms with Crippen LogP contribution >= 0.6 is 0 Å². The van der Waals surface area contributed by atoms with Gasteiger partial charge in [0.25, 0.3) is 0 Å². The van der Waals surface area contributed by atoms with E-state index in [1.807, 2.05) is 0 Å². The third-order valence-corrected chi connectivity index (χ3v) is 2.64. The Morgan fingerprint density at radius 1 is 1.24 bits per heavy atom. The number of hydrogen-bond donors (Lipinski definition) is 2. The first-order valence-corrected chi connectivity index (χ1v) is 5.32. The van der Waals surface area contributed by atoms with Crippen LogP contribution in [-0.2, 0) is 9.47 Å². The van der Waals surface area contributed by atoms with Gasteiger partial charge in [0.1, 0.15) is 17.7 Å². The van der Waals surface area contributed by atoms with Crippen LogP contribution < -0.4 is 11.3 Å². The average Bonchev–Trinajstić information content (AvgIpc) is 2.30. The molecule has 2 rings (SSSR count). The average molecular weight is 244 g/mol. The Kier molecular flexibility index (Phi) is 4.01. The summed E-state index contributed by atoms with van der Waals surface area (Å²) in [5.41, 5.74) is 2.91. The Balaban J connectivity index is 2.21. The highest BCUT2D eigenvalue weighted by Crippen LogP contribution is 2.22. The molecule has 1 aliphatic heterocycles. The summed E-state index contributed by atoms with van der Waals surface area (Å²) in [6, 6.07) is 2.77. The van der Waals surface area contributed by atoms with Gasteiger partial charge < -0.3 is 9.47 Å². The van der Waals surface area contributed by atoms with Crippen molar-refractivity contribution >= 4 is 0 Å². The van der Waals surface area contributed by atoms with Crippen molar-refractivity contribution in [3.8, 4) is 0 Å². The molecule has 1 aromatic carbocycles. The normalized spacial score (nSPS) is 22.4. The van der Waals surface area contributed by atoms with E-state index < -0.39 is 17.7 Å². The predicted molar refractivity (Wildman–Crippen MR) is 57.0 cm³/mol. The summed E-state index contributed by atoms with van der Waals surface area (Å²) in [6.45, 7) is 1.30. The molecule has 0 radical (unpaired) electrons. The van der Waals surface area contributed by atoms with Gasteiger partial charge in [-0.25, -0.2) is 8.78 Å². The zero-order valence-corrected chi connectivity index (χ0v) is 9.16. The lowest BCUT2D eigenvalue weighted by Gasteiger charge is -2.30. The SMILES string of the molecule is NNC(c1cc(F)cc(F)c1)C1COCCO1. The fourth-order valence-electron chi connectivity index (χ4n) is 1.87. The molecule has 2 atom stereocenters. The fourth-order valence-corrected chi connectivity index (χ4v) is 1.87. The molecule has 0 spiro atoms. The highest BCUT2D eigenvalue weighted by atomic mass is 19.1. The lowest BCUT2D eigenvalue weighted by Crippen LogP contribution is -2.43. The highest BCUT2D eigenvalue weighted by molar-refractivity contribution is 5.22. The topological polar surface area (TPSA) is 56.5 Å². The molecule has 4 nitrogen and oxygen atoms in total. The molecule has 1 aliphatic rings. The first kappa shape index (κ1) is 12.4. The molecule has 0 amide bonds. The van der Waals surface area contributed by atoms with Crippen molar-refractivity contribution in [1.29, 1.82) is 0 Å². The highest BCUT2D eigenvalue weighted by Gasteiger charge is 2.26. The Labute approximate surface area is 97.7 Å². The number of benzene rings is 1. The van der Waals surface area contributed by atoms with Crippen LogP contribution in [-0.4, -0.2) is 25.9 Å². The smallest absolute Gasteiger partial charge is 0.126 e. The van der Waals surface area contributed by atoms with Crippen molar-refractivity contribution in [3.63, 3.8) is 0 Å². The van der Waals surface area contributed by atoms with Gasteiger partial charge in [0.05, 0.1) is 25.9 Å². The van der Waals surface area contributed by atoms with Crippen LogP contribution in [0.5, 0.6) is 0 Å². The van der Waals surface area contributed by atoms with Crippen molar-refractivity contribution < 1.29 is 18.3 Å². The van der Waals surface area contributed by atoms with Crippen LogP contribution in [0.1, 0.15) is 11.6 Å². The minimum atomic E-state index is -0.642. The van der Waals surface area contributed by atoms with E-state index in [9.17, 15) is 8.78 Å². The molecular formula is C11H14F2N2O2. The van der Waals surface area contributed by atoms with Gasteiger partial charge in [0, 0.05) is 6.07 Å². The summed E-state index contributed by atoms with van der Waals surface area (Å²) in [4.78, 5) is 0. The van der Waals surface area contributed by atoms with E-state index in [4.69, 9.17) is 15.3 Å². The molecule has 1 fully saturated rings. The Morgan fingerprint density at radius 2 is 1.94 bits per heavy atom. The largest absolute Gasteiger partial charge is 0.376 e. The summed E-state index contributed by atoms with van der Waals surface area (Å²) < 4.78 is 36.9. The predicted octanol–water partition coefficient (Wildman–Crippen LogP) is 0.885. The van der Waals surface area contributed by atoms with E-state index in [0.717, 1.165) is 6.07 Å². The van der Waals surface area contributed by atoms with Crippen molar-refractivity contribution in [1.82, 2.24) is 5.43 Å². The summed E-state index contributed by atoms with van der Waals surface area (Å²) in [6.07, 6.45) is -0.352. The van der Waals surface area contributed by atoms with E-state index in [-0.39, 0.29) is 6.10 Å². The van der Waals surface area contributed by atoms with Crippen molar-refractivity contribution in [2.75, 3.05) is 19.8 Å². The standard InChI is InChI=1S/C11H14F2N2O2/c12-8-3-7(4-9(13)5-8)11(15-14)10-6-16-1-2-17-10/h3-5,10-11,15H,1-2,6,14H2. The van der Waals surface area contributed by atoms with E-state index in [0.29, 0.717) is 25.4 Å². The number of nitrogens with two attached hydrogens (primary N) is 1. The second-order valence-corrected chi connectivity index (χ2v) is 3.83. The molecule has 1 aromatic rings. The number of hydrazine groups is 1. The van der Waals surface area contributed by atoms with E-state index in [2.05, 4.69) is 5.43 Å². The second kappa shape index (κ2) is 5.50. The fraction of sp³-hybridized carbons (Fsp3) is 0.455. The zero-order chi connectivity index (χ0) is 12.3. The van der Waals surface area contributed by atoms with Crippen LogP contribution in [0.15, 0.2) is 18.2 Å². The van der Waals surface area contributed by atoms with Crippen LogP contribution in [0.3, 0.4) is 0 Å². The lowest BCUT2D eigenvalue weighted by molar-refractivity contribution is -0.102. The van der Waals surface area contributed by atoms with Gasteiger partial charge in [-0.1, -0.05) is 0 Å². The molecule has 2 unspecified atom stereocenters. The maximum Gasteiger partial charge on any atom is 0.126 e. The Morgan fingerprint density at radius 3 is 2.47 bits per heavy atom. The van der Waals surface area contributed by atoms with Crippen molar-refractivity contribution in [3.05, 3.63) is 35.4 Å². The summed E-state index contributed by atoms with van der Waals surface area (Å²) in [5, 5.41) is 0. The van der Waals surface area contributed by atoms with Gasteiger partial charge in [-0.15, -0.1) is 0 Å². The van der Waals surface area contributed by atoms with Crippen LogP contribution in [0.4, 0.5) is 8.78 Å². The summed E-state index contributed by atoms with van der Waals surface area (Å²) >= 11 is 0. The van der Waals surface area contributed by atoms with Crippen LogP contribution in [0.25, 0.3) is 0 Å². The summed E-state index contributed by atoms with van der Waals surface area (Å²) in [5.74, 6) is 4.12. The van der Waals surface area contributed by atoms with Crippen LogP contribution in [0.2, 0.25) is 0 Å². The van der Waals surface area contributed by atoms with Gasteiger partial charge in [0.2, 0.25) is 0 Å². The van der Waals surface area contributed by atoms with Crippen molar-refractivity contribution in [2.45, 2.75) is 12.1 Å². The van der Waals surface area contributed by atoms with Gasteiger partial charge in [0.15, 0.2) is 0 Å². The maximum atomic E-state index is 13.1. The third-order valence-electron chi connectivity index (χ3n) is 2.64. The second-order valence-electron chi connectivity index (χ2n) is 3.83. The number of nitrogens with one attached hydrogen (secondary N) is 1. The van der Waals surface area contributed by atoms with E-state index in [1.54, 1.807) is 0 Å². The Bertz CT molecular complexity index is 363. The molecule has 17 heavy (non-hydrogen) atoms. The minimum absolute atomic E-state index is 0.340. The quantitative estimate of drug-likeness (QED) is 0.612. The first-order valence-electron chi connectivity index (χ1n) is 5.32. The number of hydrogen-bond acceptors (Lipinski definition) is 4. The number of ether oxygens (including phenoxy) is 2. The molecule has 0 aliphatic carbocycles.